The molecule has 0 aliphatic carbocycles. The van der Waals surface area contributed by atoms with Gasteiger partial charge >= 0.3 is 0 Å². The first-order valence-electron chi connectivity index (χ1n) is 2.36. The van der Waals surface area contributed by atoms with E-state index in [0.717, 1.165) is 3.57 Å². The fraction of sp³-hybridized carbons (Fsp3) is 0. The third kappa shape index (κ3) is 1.44. The molecule has 48 valence electrons. The average molecular weight is 235 g/mol. The first-order valence-corrected chi connectivity index (χ1v) is 3.44. The van der Waals surface area contributed by atoms with Crippen molar-refractivity contribution in [1.82, 2.24) is 4.98 Å². The van der Waals surface area contributed by atoms with Crippen LogP contribution in [0.1, 0.15) is 0 Å². The van der Waals surface area contributed by atoms with Gasteiger partial charge in [-0.1, -0.05) is 0 Å². The van der Waals surface area contributed by atoms with Gasteiger partial charge in [0.2, 0.25) is 0 Å². The molecule has 1 aromatic heterocycles. The number of halogens is 1. The molecule has 1 heterocycles. The highest BCUT2D eigenvalue weighted by Crippen LogP contribution is 2.13. The summed E-state index contributed by atoms with van der Waals surface area (Å²) in [6.45, 7) is 0. The number of pyridine rings is 1. The Labute approximate surface area is 66.6 Å². The molecule has 1 rings (SSSR count). The van der Waals surface area contributed by atoms with Crippen molar-refractivity contribution >= 4 is 34.1 Å². The molecule has 0 aliphatic rings. The first kappa shape index (κ1) is 6.60. The summed E-state index contributed by atoms with van der Waals surface area (Å²) in [5, 5.41) is 0. The Kier molecular flexibility index (Phi) is 1.75. The Balaban J connectivity index is 3.17. The minimum atomic E-state index is 0.466. The van der Waals surface area contributed by atoms with Crippen molar-refractivity contribution in [3.05, 3.63) is 15.8 Å². The summed E-state index contributed by atoms with van der Waals surface area (Å²) in [7, 11) is 0. The average Bonchev–Trinajstić information content (AvgIpc) is 1.80. The number of anilines is 2. The van der Waals surface area contributed by atoms with Gasteiger partial charge in [-0.3, -0.25) is 0 Å². The summed E-state index contributed by atoms with van der Waals surface area (Å²) < 4.78 is 0.932. The van der Waals surface area contributed by atoms with Gasteiger partial charge in [0.05, 0.1) is 9.26 Å². The normalized spacial score (nSPS) is 9.44. The lowest BCUT2D eigenvalue weighted by atomic mass is 10.4. The summed E-state index contributed by atoms with van der Waals surface area (Å²) >= 11 is 2.10. The van der Waals surface area contributed by atoms with Crippen LogP contribution in [-0.2, 0) is 0 Å². The molecule has 0 saturated heterocycles. The Morgan fingerprint density at radius 1 is 1.44 bits per heavy atom. The summed E-state index contributed by atoms with van der Waals surface area (Å²) in [6, 6.07) is 1.64. The minimum Gasteiger partial charge on any atom is -0.398 e. The molecule has 0 unspecified atom stereocenters. The number of nitrogens with zero attached hydrogens (tertiary/aromatic N) is 1. The van der Waals surface area contributed by atoms with Crippen molar-refractivity contribution < 1.29 is 0 Å². The topological polar surface area (TPSA) is 64.9 Å². The van der Waals surface area contributed by atoms with E-state index in [1.54, 1.807) is 12.3 Å². The van der Waals surface area contributed by atoms with Crippen LogP contribution in [-0.4, -0.2) is 4.98 Å². The summed E-state index contributed by atoms with van der Waals surface area (Å²) in [5.41, 5.74) is 11.5. The molecule has 0 amide bonds. The second-order valence-electron chi connectivity index (χ2n) is 1.63. The van der Waals surface area contributed by atoms with Crippen LogP contribution in [0.2, 0.25) is 0 Å². The van der Waals surface area contributed by atoms with Gasteiger partial charge in [-0.15, -0.1) is 0 Å². The standard InChI is InChI=1S/C5H6IN3/c6-3-2-9-5(8)1-4(3)7/h1-2H,(H4,7,8,9). The van der Waals surface area contributed by atoms with Crippen molar-refractivity contribution in [2.75, 3.05) is 11.5 Å². The van der Waals surface area contributed by atoms with E-state index in [0.29, 0.717) is 11.5 Å². The second kappa shape index (κ2) is 2.38. The molecule has 0 aliphatic heterocycles. The van der Waals surface area contributed by atoms with Crippen LogP contribution in [0.15, 0.2) is 12.3 Å². The number of hydrogen-bond acceptors (Lipinski definition) is 3. The molecular weight excluding hydrogens is 229 g/mol. The monoisotopic (exact) mass is 235 g/mol. The van der Waals surface area contributed by atoms with Gasteiger partial charge in [0.1, 0.15) is 5.82 Å². The number of nitrogen functional groups attached to an aromatic ring is 2. The molecule has 3 nitrogen and oxygen atoms in total. The molecule has 0 bridgehead atoms. The molecule has 1 aromatic rings. The van der Waals surface area contributed by atoms with Crippen LogP contribution < -0.4 is 11.5 Å². The highest BCUT2D eigenvalue weighted by molar-refractivity contribution is 14.1. The SMILES string of the molecule is Nc1cc(N)c(I)cn1. The predicted octanol–water partition coefficient (Wildman–Crippen LogP) is 0.851. The van der Waals surface area contributed by atoms with E-state index in [1.165, 1.54) is 0 Å². The van der Waals surface area contributed by atoms with Gasteiger partial charge < -0.3 is 11.5 Å². The molecule has 0 fully saturated rings. The lowest BCUT2D eigenvalue weighted by molar-refractivity contribution is 1.32. The highest BCUT2D eigenvalue weighted by atomic mass is 127. The van der Waals surface area contributed by atoms with Gasteiger partial charge in [-0.25, -0.2) is 4.98 Å². The van der Waals surface area contributed by atoms with E-state index >= 15 is 0 Å². The zero-order valence-corrected chi connectivity index (χ0v) is 6.79. The van der Waals surface area contributed by atoms with E-state index < -0.39 is 0 Å². The fourth-order valence-electron chi connectivity index (χ4n) is 0.471. The highest BCUT2D eigenvalue weighted by Gasteiger charge is 1.93. The Hall–Kier alpha value is -0.520. The van der Waals surface area contributed by atoms with Crippen molar-refractivity contribution in [2.45, 2.75) is 0 Å². The summed E-state index contributed by atoms with van der Waals surface area (Å²) in [4.78, 5) is 3.83. The van der Waals surface area contributed by atoms with Gasteiger partial charge in [0, 0.05) is 12.3 Å². The van der Waals surface area contributed by atoms with Crippen LogP contribution in [0, 0.1) is 3.57 Å². The minimum absolute atomic E-state index is 0.466. The fourth-order valence-corrected chi connectivity index (χ4v) is 0.766. The molecule has 0 atom stereocenters. The van der Waals surface area contributed by atoms with E-state index in [1.807, 2.05) is 0 Å². The molecule has 9 heavy (non-hydrogen) atoms. The second-order valence-corrected chi connectivity index (χ2v) is 2.79. The zero-order chi connectivity index (χ0) is 6.85. The van der Waals surface area contributed by atoms with Crippen molar-refractivity contribution in [2.24, 2.45) is 0 Å². The quantitative estimate of drug-likeness (QED) is 0.655. The Morgan fingerprint density at radius 3 is 2.56 bits per heavy atom. The van der Waals surface area contributed by atoms with Crippen LogP contribution >= 0.6 is 22.6 Å². The zero-order valence-electron chi connectivity index (χ0n) is 4.63. The smallest absolute Gasteiger partial charge is 0.125 e. The molecule has 0 spiro atoms. The van der Waals surface area contributed by atoms with Gasteiger partial charge in [0.15, 0.2) is 0 Å². The maximum atomic E-state index is 5.49. The maximum Gasteiger partial charge on any atom is 0.125 e. The van der Waals surface area contributed by atoms with Gasteiger partial charge in [-0.2, -0.15) is 0 Å². The molecule has 4 N–H and O–H groups in total. The third-order valence-corrected chi connectivity index (χ3v) is 1.81. The lowest BCUT2D eigenvalue weighted by Crippen LogP contribution is -1.94. The number of aromatic nitrogens is 1. The van der Waals surface area contributed by atoms with Crippen LogP contribution in [0.25, 0.3) is 0 Å². The molecule has 0 saturated carbocycles. The number of nitrogens with two attached hydrogens (primary N) is 2. The van der Waals surface area contributed by atoms with Gasteiger partial charge in [0.25, 0.3) is 0 Å². The van der Waals surface area contributed by atoms with Crippen molar-refractivity contribution in [1.29, 1.82) is 0 Å². The molecule has 0 aromatic carbocycles. The maximum absolute atomic E-state index is 5.49. The van der Waals surface area contributed by atoms with E-state index in [9.17, 15) is 0 Å². The molecule has 4 heteroatoms. The first-order chi connectivity index (χ1) is 4.20. The van der Waals surface area contributed by atoms with Gasteiger partial charge in [-0.05, 0) is 22.6 Å². The Morgan fingerprint density at radius 2 is 2.11 bits per heavy atom. The third-order valence-electron chi connectivity index (χ3n) is 0.906. The number of rotatable bonds is 0. The van der Waals surface area contributed by atoms with Crippen LogP contribution in [0.4, 0.5) is 11.5 Å². The van der Waals surface area contributed by atoms with E-state index in [-0.39, 0.29) is 0 Å². The predicted molar refractivity (Wildman–Crippen MR) is 45.8 cm³/mol. The number of hydrogen-bond donors (Lipinski definition) is 2. The Bertz CT molecular complexity index is 223. The molecule has 0 radical (unpaired) electrons. The van der Waals surface area contributed by atoms with Crippen molar-refractivity contribution in [3.8, 4) is 0 Å². The van der Waals surface area contributed by atoms with Crippen molar-refractivity contribution in [3.63, 3.8) is 0 Å². The lowest BCUT2D eigenvalue weighted by Gasteiger charge is -1.96. The summed E-state index contributed by atoms with van der Waals surface area (Å²) in [5.74, 6) is 0.466. The van der Waals surface area contributed by atoms with E-state index in [4.69, 9.17) is 11.5 Å². The van der Waals surface area contributed by atoms with E-state index in [2.05, 4.69) is 27.6 Å². The summed E-state index contributed by atoms with van der Waals surface area (Å²) in [6.07, 6.45) is 1.64. The van der Waals surface area contributed by atoms with Crippen LogP contribution in [0.5, 0.6) is 0 Å². The van der Waals surface area contributed by atoms with Crippen LogP contribution in [0.3, 0.4) is 0 Å². The molecular formula is C5H6IN3. The largest absolute Gasteiger partial charge is 0.398 e.